The van der Waals surface area contributed by atoms with E-state index in [1.54, 1.807) is 5.57 Å². The van der Waals surface area contributed by atoms with Crippen molar-refractivity contribution in [3.63, 3.8) is 0 Å². The van der Waals surface area contributed by atoms with Gasteiger partial charge in [-0.3, -0.25) is 0 Å². The average molecular weight is 316 g/mol. The van der Waals surface area contributed by atoms with Crippen molar-refractivity contribution in [2.75, 3.05) is 29.9 Å². The van der Waals surface area contributed by atoms with Gasteiger partial charge in [0.15, 0.2) is 0 Å². The molecule has 0 atom stereocenters. The number of nitrogens with one attached hydrogen (secondary N) is 1. The van der Waals surface area contributed by atoms with Crippen molar-refractivity contribution in [3.8, 4) is 0 Å². The van der Waals surface area contributed by atoms with Crippen molar-refractivity contribution in [2.24, 2.45) is 0 Å². The van der Waals surface area contributed by atoms with Gasteiger partial charge in [0.25, 0.3) is 0 Å². The monoisotopic (exact) mass is 316 g/mol. The highest BCUT2D eigenvalue weighted by Gasteiger charge is 2.10. The van der Waals surface area contributed by atoms with Crippen LogP contribution in [-0.2, 0) is 0 Å². The summed E-state index contributed by atoms with van der Waals surface area (Å²) in [5, 5.41) is 3.49. The molecule has 23 heavy (non-hydrogen) atoms. The Bertz CT molecular complexity index is 504. The normalized spacial score (nSPS) is 14.5. The highest BCUT2D eigenvalue weighted by Crippen LogP contribution is 2.20. The summed E-state index contributed by atoms with van der Waals surface area (Å²) in [6, 6.07) is 2.05. The van der Waals surface area contributed by atoms with Crippen LogP contribution in [0.5, 0.6) is 0 Å². The molecule has 0 bridgehead atoms. The van der Waals surface area contributed by atoms with Crippen molar-refractivity contribution in [2.45, 2.75) is 65.7 Å². The summed E-state index contributed by atoms with van der Waals surface area (Å²) >= 11 is 0. The molecule has 2 rings (SSSR count). The van der Waals surface area contributed by atoms with Gasteiger partial charge >= 0.3 is 0 Å². The number of aryl methyl sites for hydroxylation is 1. The Balaban J connectivity index is 1.96. The lowest BCUT2D eigenvalue weighted by Gasteiger charge is -2.22. The third-order valence-electron chi connectivity index (χ3n) is 4.25. The molecule has 4 heteroatoms. The Labute approximate surface area is 141 Å². The van der Waals surface area contributed by atoms with Gasteiger partial charge in [-0.1, -0.05) is 25.5 Å². The minimum Gasteiger partial charge on any atom is -0.370 e. The number of rotatable bonds is 9. The van der Waals surface area contributed by atoms with Crippen LogP contribution in [0.15, 0.2) is 17.7 Å². The zero-order valence-electron chi connectivity index (χ0n) is 15.1. The van der Waals surface area contributed by atoms with Gasteiger partial charge in [-0.05, 0) is 51.9 Å². The van der Waals surface area contributed by atoms with Crippen LogP contribution in [0.25, 0.3) is 0 Å². The minimum absolute atomic E-state index is 0.869. The first-order chi connectivity index (χ1) is 11.2. The van der Waals surface area contributed by atoms with E-state index in [4.69, 9.17) is 4.98 Å². The van der Waals surface area contributed by atoms with E-state index in [0.29, 0.717) is 0 Å². The molecule has 1 N–H and O–H groups in total. The Kier molecular flexibility index (Phi) is 7.37. The van der Waals surface area contributed by atoms with E-state index in [-0.39, 0.29) is 0 Å². The van der Waals surface area contributed by atoms with Crippen LogP contribution < -0.4 is 10.2 Å². The fourth-order valence-corrected chi connectivity index (χ4v) is 3.12. The number of hydrogen-bond acceptors (Lipinski definition) is 4. The second-order valence-corrected chi connectivity index (χ2v) is 6.47. The summed E-state index contributed by atoms with van der Waals surface area (Å²) in [4.78, 5) is 11.7. The van der Waals surface area contributed by atoms with Gasteiger partial charge in [-0.2, -0.15) is 4.98 Å². The SMILES string of the molecule is CCCN(CCC)c1nc(C)cc(NCCC2=CCCCC2)n1. The summed E-state index contributed by atoms with van der Waals surface area (Å²) in [6.45, 7) is 9.46. The molecule has 0 amide bonds. The first kappa shape index (κ1) is 17.8. The van der Waals surface area contributed by atoms with Gasteiger partial charge in [-0.25, -0.2) is 4.98 Å². The molecule has 0 unspecified atom stereocenters. The molecular formula is C19H32N4. The molecule has 0 saturated carbocycles. The predicted octanol–water partition coefficient (Wildman–Crippen LogP) is 4.71. The molecular weight excluding hydrogens is 284 g/mol. The summed E-state index contributed by atoms with van der Waals surface area (Å²) < 4.78 is 0. The van der Waals surface area contributed by atoms with E-state index < -0.39 is 0 Å². The van der Waals surface area contributed by atoms with E-state index in [9.17, 15) is 0 Å². The number of hydrogen-bond donors (Lipinski definition) is 1. The summed E-state index contributed by atoms with van der Waals surface area (Å²) in [5.74, 6) is 1.83. The molecule has 0 aliphatic heterocycles. The van der Waals surface area contributed by atoms with E-state index in [0.717, 1.165) is 56.4 Å². The third-order valence-corrected chi connectivity index (χ3v) is 4.25. The summed E-state index contributed by atoms with van der Waals surface area (Å²) in [5.41, 5.74) is 2.64. The van der Waals surface area contributed by atoms with Crippen molar-refractivity contribution >= 4 is 11.8 Å². The highest BCUT2D eigenvalue weighted by atomic mass is 15.3. The van der Waals surface area contributed by atoms with Crippen LogP contribution in [0.4, 0.5) is 11.8 Å². The molecule has 1 heterocycles. The molecule has 1 aromatic rings. The van der Waals surface area contributed by atoms with Gasteiger partial charge < -0.3 is 10.2 Å². The lowest BCUT2D eigenvalue weighted by atomic mass is 9.97. The zero-order valence-corrected chi connectivity index (χ0v) is 15.1. The first-order valence-electron chi connectivity index (χ1n) is 9.25. The fraction of sp³-hybridized carbons (Fsp3) is 0.684. The van der Waals surface area contributed by atoms with Crippen LogP contribution in [0, 0.1) is 6.92 Å². The lowest BCUT2D eigenvalue weighted by molar-refractivity contribution is 0.679. The number of allylic oxidation sites excluding steroid dienone is 1. The van der Waals surface area contributed by atoms with E-state index in [1.807, 2.05) is 0 Å². The standard InChI is InChI=1S/C19H32N4/c1-4-13-23(14-5-2)19-21-16(3)15-18(22-19)20-12-11-17-9-7-6-8-10-17/h9,15H,4-8,10-14H2,1-3H3,(H,20,21,22). The first-order valence-corrected chi connectivity index (χ1v) is 9.25. The molecule has 1 aliphatic carbocycles. The summed E-state index contributed by atoms with van der Waals surface area (Å²) in [7, 11) is 0. The van der Waals surface area contributed by atoms with E-state index >= 15 is 0 Å². The van der Waals surface area contributed by atoms with Crippen LogP contribution in [0.1, 0.15) is 64.5 Å². The predicted molar refractivity (Wildman–Crippen MR) is 99.2 cm³/mol. The third kappa shape index (κ3) is 5.85. The Morgan fingerprint density at radius 3 is 2.57 bits per heavy atom. The highest BCUT2D eigenvalue weighted by molar-refractivity contribution is 5.43. The number of nitrogens with zero attached hydrogens (tertiary/aromatic N) is 3. The van der Waals surface area contributed by atoms with Crippen LogP contribution in [0.3, 0.4) is 0 Å². The van der Waals surface area contributed by atoms with Crippen molar-refractivity contribution in [1.82, 2.24) is 9.97 Å². The number of aromatic nitrogens is 2. The van der Waals surface area contributed by atoms with Crippen LogP contribution in [0.2, 0.25) is 0 Å². The van der Waals surface area contributed by atoms with Gasteiger partial charge in [0, 0.05) is 31.4 Å². The minimum atomic E-state index is 0.869. The fourth-order valence-electron chi connectivity index (χ4n) is 3.12. The quantitative estimate of drug-likeness (QED) is 0.670. The largest absolute Gasteiger partial charge is 0.370 e. The molecule has 0 saturated heterocycles. The lowest BCUT2D eigenvalue weighted by Crippen LogP contribution is -2.27. The molecule has 128 valence electrons. The molecule has 0 fully saturated rings. The van der Waals surface area contributed by atoms with Crippen molar-refractivity contribution in [1.29, 1.82) is 0 Å². The van der Waals surface area contributed by atoms with Gasteiger partial charge in [-0.15, -0.1) is 0 Å². The smallest absolute Gasteiger partial charge is 0.227 e. The molecule has 1 aliphatic rings. The second kappa shape index (κ2) is 9.53. The van der Waals surface area contributed by atoms with Crippen molar-refractivity contribution < 1.29 is 0 Å². The van der Waals surface area contributed by atoms with Crippen molar-refractivity contribution in [3.05, 3.63) is 23.4 Å². The zero-order chi connectivity index (χ0) is 16.5. The topological polar surface area (TPSA) is 41.1 Å². The van der Waals surface area contributed by atoms with Gasteiger partial charge in [0.2, 0.25) is 5.95 Å². The van der Waals surface area contributed by atoms with Gasteiger partial charge in [0.05, 0.1) is 0 Å². The Morgan fingerprint density at radius 2 is 1.91 bits per heavy atom. The maximum Gasteiger partial charge on any atom is 0.227 e. The molecule has 4 nitrogen and oxygen atoms in total. The molecule has 0 radical (unpaired) electrons. The van der Waals surface area contributed by atoms with E-state index in [2.05, 4.69) is 48.1 Å². The van der Waals surface area contributed by atoms with Gasteiger partial charge in [0.1, 0.15) is 5.82 Å². The molecule has 0 aromatic carbocycles. The van der Waals surface area contributed by atoms with E-state index in [1.165, 1.54) is 25.7 Å². The van der Waals surface area contributed by atoms with Crippen LogP contribution >= 0.6 is 0 Å². The maximum atomic E-state index is 4.74. The average Bonchev–Trinajstić information content (AvgIpc) is 2.55. The van der Waals surface area contributed by atoms with Crippen LogP contribution in [-0.4, -0.2) is 29.6 Å². The molecule has 1 aromatic heterocycles. The Morgan fingerprint density at radius 1 is 1.13 bits per heavy atom. The summed E-state index contributed by atoms with van der Waals surface area (Å²) in [6.07, 6.45) is 11.0. The molecule has 0 spiro atoms. The number of anilines is 2. The Hall–Kier alpha value is -1.58. The second-order valence-electron chi connectivity index (χ2n) is 6.47. The maximum absolute atomic E-state index is 4.74.